The van der Waals surface area contributed by atoms with E-state index in [0.29, 0.717) is 11.3 Å². The molecule has 0 saturated carbocycles. The number of benzene rings is 1. The Labute approximate surface area is 183 Å². The number of nitrogens with one attached hydrogen (secondary N) is 1. The number of hydrogen-bond donors (Lipinski definition) is 2. The van der Waals surface area contributed by atoms with Crippen molar-refractivity contribution in [3.63, 3.8) is 0 Å². The van der Waals surface area contributed by atoms with Crippen LogP contribution in [-0.2, 0) is 15.8 Å². The second kappa shape index (κ2) is 8.53. The third kappa shape index (κ3) is 4.77. The zero-order valence-electron chi connectivity index (χ0n) is 18.2. The Bertz CT molecular complexity index is 982. The molecular weight excluding hydrogens is 427 g/mol. The number of aromatic nitrogens is 3. The lowest BCUT2D eigenvalue weighted by atomic mass is 9.85. The van der Waals surface area contributed by atoms with Crippen molar-refractivity contribution in [2.24, 2.45) is 5.41 Å². The van der Waals surface area contributed by atoms with E-state index in [-0.39, 0.29) is 18.9 Å². The lowest BCUT2D eigenvalue weighted by Gasteiger charge is -2.34. The number of rotatable bonds is 4. The molecule has 174 valence electrons. The van der Waals surface area contributed by atoms with Crippen LogP contribution in [0.1, 0.15) is 38.8 Å². The molecule has 2 heterocycles. The molecule has 1 saturated heterocycles. The van der Waals surface area contributed by atoms with Crippen LogP contribution in [0.25, 0.3) is 11.3 Å². The van der Waals surface area contributed by atoms with Crippen LogP contribution in [0.2, 0.25) is 0 Å². The first-order chi connectivity index (χ1) is 14.8. The molecule has 1 aliphatic heterocycles. The molecule has 32 heavy (non-hydrogen) atoms. The van der Waals surface area contributed by atoms with Crippen molar-refractivity contribution in [2.75, 3.05) is 13.6 Å². The fourth-order valence-corrected chi connectivity index (χ4v) is 3.88. The fourth-order valence-electron chi connectivity index (χ4n) is 3.88. The number of carbonyl (C=O) groups excluding carboxylic acids is 2. The third-order valence-corrected chi connectivity index (χ3v) is 5.45. The Morgan fingerprint density at radius 3 is 2.34 bits per heavy atom. The van der Waals surface area contributed by atoms with Crippen molar-refractivity contribution < 1.29 is 27.9 Å². The Hall–Kier alpha value is -2.95. The maximum Gasteiger partial charge on any atom is 0.416 e. The van der Waals surface area contributed by atoms with Gasteiger partial charge in [-0.05, 0) is 17.5 Å². The van der Waals surface area contributed by atoms with Crippen LogP contribution in [0, 0.1) is 5.41 Å². The maximum atomic E-state index is 13.5. The molecule has 2 amide bonds. The van der Waals surface area contributed by atoms with E-state index in [1.54, 1.807) is 0 Å². The molecule has 3 atom stereocenters. The van der Waals surface area contributed by atoms with E-state index in [1.807, 2.05) is 20.8 Å². The minimum Gasteiger partial charge on any atom is -0.391 e. The SMILES string of the molecule is CNC(=O)[C@H]1CC(O)CN1C(=O)C(n1cc(-c2ccc(C(F)(F)F)cc2)nn1)C(C)(C)C. The maximum absolute atomic E-state index is 13.5. The number of aliphatic hydroxyl groups excluding tert-OH is 1. The van der Waals surface area contributed by atoms with E-state index in [2.05, 4.69) is 15.6 Å². The molecule has 1 fully saturated rings. The van der Waals surface area contributed by atoms with Crippen molar-refractivity contribution >= 4 is 11.8 Å². The van der Waals surface area contributed by atoms with E-state index < -0.39 is 41.2 Å². The molecule has 0 spiro atoms. The molecular formula is C21H26F3N5O3. The summed E-state index contributed by atoms with van der Waals surface area (Å²) in [7, 11) is 1.46. The van der Waals surface area contributed by atoms with Gasteiger partial charge in [-0.2, -0.15) is 13.2 Å². The summed E-state index contributed by atoms with van der Waals surface area (Å²) in [6.45, 7) is 5.51. The summed E-state index contributed by atoms with van der Waals surface area (Å²) >= 11 is 0. The molecule has 1 aromatic heterocycles. The number of likely N-dealkylation sites (N-methyl/N-ethyl adjacent to an activating group) is 1. The number of carbonyl (C=O) groups is 2. The summed E-state index contributed by atoms with van der Waals surface area (Å²) < 4.78 is 39.8. The normalized spacial score (nSPS) is 20.3. The highest BCUT2D eigenvalue weighted by atomic mass is 19.4. The summed E-state index contributed by atoms with van der Waals surface area (Å²) in [6, 6.07) is 2.86. The van der Waals surface area contributed by atoms with Crippen molar-refractivity contribution in [1.29, 1.82) is 0 Å². The number of likely N-dealkylation sites (tertiary alicyclic amines) is 1. The van der Waals surface area contributed by atoms with Gasteiger partial charge < -0.3 is 15.3 Å². The molecule has 0 aliphatic carbocycles. The highest BCUT2D eigenvalue weighted by Crippen LogP contribution is 2.35. The number of nitrogens with zero attached hydrogens (tertiary/aromatic N) is 4. The molecule has 11 heteroatoms. The van der Waals surface area contributed by atoms with Gasteiger partial charge in [0, 0.05) is 25.6 Å². The van der Waals surface area contributed by atoms with Crippen LogP contribution < -0.4 is 5.32 Å². The molecule has 0 radical (unpaired) electrons. The smallest absolute Gasteiger partial charge is 0.391 e. The van der Waals surface area contributed by atoms with Crippen LogP contribution in [0.5, 0.6) is 0 Å². The number of halogens is 3. The van der Waals surface area contributed by atoms with Crippen molar-refractivity contribution in [3.8, 4) is 11.3 Å². The zero-order chi connectivity index (χ0) is 23.8. The van der Waals surface area contributed by atoms with Crippen LogP contribution in [0.15, 0.2) is 30.5 Å². The first-order valence-corrected chi connectivity index (χ1v) is 10.1. The fraction of sp³-hybridized carbons (Fsp3) is 0.524. The molecule has 2 aromatic rings. The first-order valence-electron chi connectivity index (χ1n) is 10.1. The number of hydrogen-bond acceptors (Lipinski definition) is 5. The van der Waals surface area contributed by atoms with Crippen molar-refractivity contribution in [1.82, 2.24) is 25.2 Å². The number of alkyl halides is 3. The second-order valence-electron chi connectivity index (χ2n) is 8.94. The predicted octanol–water partition coefficient (Wildman–Crippen LogP) is 2.26. The molecule has 2 unspecified atom stereocenters. The Kier molecular flexibility index (Phi) is 6.32. The molecule has 1 aromatic carbocycles. The van der Waals surface area contributed by atoms with Gasteiger partial charge >= 0.3 is 6.18 Å². The lowest BCUT2D eigenvalue weighted by molar-refractivity contribution is -0.144. The standard InChI is InChI=1S/C21H26F3N5O3/c1-20(2,3)17(19(32)28-10-14(30)9-16(28)18(31)25-4)29-11-15(26-27-29)12-5-7-13(8-6-12)21(22,23)24/h5-8,11,14,16-17,30H,9-10H2,1-4H3,(H,25,31)/t14?,16-,17?/m1/s1. The minimum absolute atomic E-state index is 0.0178. The predicted molar refractivity (Wildman–Crippen MR) is 109 cm³/mol. The van der Waals surface area contributed by atoms with Gasteiger partial charge in [0.1, 0.15) is 17.8 Å². The summed E-state index contributed by atoms with van der Waals surface area (Å²) in [5.41, 5.74) is -0.679. The van der Waals surface area contributed by atoms with Crippen LogP contribution in [0.3, 0.4) is 0 Å². The van der Waals surface area contributed by atoms with Crippen LogP contribution in [0.4, 0.5) is 13.2 Å². The van der Waals surface area contributed by atoms with Gasteiger partial charge in [0.05, 0.1) is 17.9 Å². The summed E-state index contributed by atoms with van der Waals surface area (Å²) in [6.07, 6.45) is -3.63. The average molecular weight is 453 g/mol. The van der Waals surface area contributed by atoms with Gasteiger partial charge in [0.2, 0.25) is 11.8 Å². The van der Waals surface area contributed by atoms with E-state index in [0.717, 1.165) is 12.1 Å². The van der Waals surface area contributed by atoms with Crippen LogP contribution >= 0.6 is 0 Å². The Morgan fingerprint density at radius 1 is 1.19 bits per heavy atom. The number of amides is 2. The summed E-state index contributed by atoms with van der Waals surface area (Å²) in [5, 5.41) is 20.7. The van der Waals surface area contributed by atoms with E-state index in [4.69, 9.17) is 0 Å². The zero-order valence-corrected chi connectivity index (χ0v) is 18.2. The summed E-state index contributed by atoms with van der Waals surface area (Å²) in [5.74, 6) is -0.766. The molecule has 3 rings (SSSR count). The Balaban J connectivity index is 1.92. The van der Waals surface area contributed by atoms with Crippen molar-refractivity contribution in [2.45, 2.75) is 51.6 Å². The van der Waals surface area contributed by atoms with Gasteiger partial charge in [-0.25, -0.2) is 4.68 Å². The molecule has 0 bridgehead atoms. The molecule has 1 aliphatic rings. The van der Waals surface area contributed by atoms with Crippen molar-refractivity contribution in [3.05, 3.63) is 36.0 Å². The van der Waals surface area contributed by atoms with Crippen LogP contribution in [-0.4, -0.2) is 62.6 Å². The van der Waals surface area contributed by atoms with E-state index in [1.165, 1.54) is 35.0 Å². The molecule has 2 N–H and O–H groups in total. The topological polar surface area (TPSA) is 100 Å². The minimum atomic E-state index is -4.44. The van der Waals surface area contributed by atoms with Gasteiger partial charge in [0.15, 0.2) is 0 Å². The largest absolute Gasteiger partial charge is 0.416 e. The molecule has 8 nitrogen and oxygen atoms in total. The second-order valence-corrected chi connectivity index (χ2v) is 8.94. The van der Waals surface area contributed by atoms with Gasteiger partial charge in [0.25, 0.3) is 0 Å². The lowest BCUT2D eigenvalue weighted by Crippen LogP contribution is -2.49. The quantitative estimate of drug-likeness (QED) is 0.740. The Morgan fingerprint density at radius 2 is 1.81 bits per heavy atom. The van der Waals surface area contributed by atoms with Gasteiger partial charge in [-0.3, -0.25) is 9.59 Å². The third-order valence-electron chi connectivity index (χ3n) is 5.45. The number of aliphatic hydroxyl groups is 1. The average Bonchev–Trinajstić information content (AvgIpc) is 3.33. The van der Waals surface area contributed by atoms with E-state index >= 15 is 0 Å². The van der Waals surface area contributed by atoms with Gasteiger partial charge in [-0.15, -0.1) is 5.10 Å². The first kappa shape index (κ1) is 23.7. The number of β-amino-alcohol motifs (C(OH)–C–C–N with tert-alkyl or cyclic N) is 1. The summed E-state index contributed by atoms with van der Waals surface area (Å²) in [4.78, 5) is 27.1. The van der Waals surface area contributed by atoms with Gasteiger partial charge in [-0.1, -0.05) is 38.1 Å². The monoisotopic (exact) mass is 453 g/mol. The van der Waals surface area contributed by atoms with E-state index in [9.17, 15) is 27.9 Å². The highest BCUT2D eigenvalue weighted by Gasteiger charge is 2.45. The highest BCUT2D eigenvalue weighted by molar-refractivity contribution is 5.90.